The molecule has 0 heteroatoms. The Balaban J connectivity index is 0.000000956. The lowest BCUT2D eigenvalue weighted by molar-refractivity contribution is 1.13. The van der Waals surface area contributed by atoms with Gasteiger partial charge in [-0.05, 0) is 70.2 Å². The van der Waals surface area contributed by atoms with Gasteiger partial charge in [-0.1, -0.05) is 161 Å². The molecule has 0 aliphatic carbocycles. The summed E-state index contributed by atoms with van der Waals surface area (Å²) in [5.41, 5.74) is 10.9. The van der Waals surface area contributed by atoms with E-state index < -0.39 is 0 Å². The van der Waals surface area contributed by atoms with E-state index >= 15 is 0 Å². The SMILES string of the molecule is CC.CC.c1ccc(Cc2ccc(Cc3ccc(Cc4ccc(Cc5ccccc5)cc4)cc3)cc2)cc1. The molecule has 0 radical (unpaired) electrons. The van der Waals surface area contributed by atoms with Crippen molar-refractivity contribution in [2.24, 2.45) is 0 Å². The van der Waals surface area contributed by atoms with Gasteiger partial charge < -0.3 is 0 Å². The maximum atomic E-state index is 2.27. The van der Waals surface area contributed by atoms with Crippen molar-refractivity contribution in [3.05, 3.63) is 178 Å². The lowest BCUT2D eigenvalue weighted by atomic mass is 9.98. The summed E-state index contributed by atoms with van der Waals surface area (Å²) in [7, 11) is 0. The first-order valence-corrected chi connectivity index (χ1v) is 14.1. The molecule has 5 aromatic carbocycles. The van der Waals surface area contributed by atoms with Gasteiger partial charge in [0.05, 0.1) is 0 Å². The summed E-state index contributed by atoms with van der Waals surface area (Å²) in [6, 6.07) is 48.5. The normalized spacial score (nSPS) is 10.0. The van der Waals surface area contributed by atoms with Crippen LogP contribution in [0.15, 0.2) is 133 Å². The van der Waals surface area contributed by atoms with E-state index in [-0.39, 0.29) is 0 Å². The first-order chi connectivity index (χ1) is 18.8. The largest absolute Gasteiger partial charge is 0.0683 e. The molecule has 5 rings (SSSR count). The fourth-order valence-electron chi connectivity index (χ4n) is 4.46. The number of hydrogen-bond donors (Lipinski definition) is 0. The van der Waals surface area contributed by atoms with E-state index in [0.29, 0.717) is 0 Å². The summed E-state index contributed by atoms with van der Waals surface area (Å²) in [4.78, 5) is 0. The van der Waals surface area contributed by atoms with Gasteiger partial charge in [-0.3, -0.25) is 0 Å². The minimum atomic E-state index is 0.972. The number of benzene rings is 5. The van der Waals surface area contributed by atoms with Crippen molar-refractivity contribution in [2.45, 2.75) is 53.4 Å². The van der Waals surface area contributed by atoms with Crippen LogP contribution in [0.25, 0.3) is 0 Å². The van der Waals surface area contributed by atoms with E-state index in [9.17, 15) is 0 Å². The predicted molar refractivity (Wildman–Crippen MR) is 166 cm³/mol. The zero-order valence-corrected chi connectivity index (χ0v) is 23.5. The molecule has 5 aromatic rings. The average Bonchev–Trinajstić information content (AvgIpc) is 2.99. The molecule has 0 unspecified atom stereocenters. The number of rotatable bonds is 8. The molecule has 0 nitrogen and oxygen atoms in total. The van der Waals surface area contributed by atoms with Crippen LogP contribution >= 0.6 is 0 Å². The third-order valence-electron chi connectivity index (χ3n) is 6.39. The van der Waals surface area contributed by atoms with Gasteiger partial charge in [-0.25, -0.2) is 0 Å². The van der Waals surface area contributed by atoms with E-state index in [4.69, 9.17) is 0 Å². The van der Waals surface area contributed by atoms with Gasteiger partial charge >= 0.3 is 0 Å². The smallest absolute Gasteiger partial charge is 0.00258 e. The van der Waals surface area contributed by atoms with Crippen molar-refractivity contribution in [3.8, 4) is 0 Å². The molecule has 194 valence electrons. The molecule has 0 fully saturated rings. The first kappa shape index (κ1) is 28.7. The van der Waals surface area contributed by atoms with Gasteiger partial charge in [0, 0.05) is 0 Å². The van der Waals surface area contributed by atoms with Crippen LogP contribution in [0.3, 0.4) is 0 Å². The summed E-state index contributed by atoms with van der Waals surface area (Å²) in [5.74, 6) is 0. The summed E-state index contributed by atoms with van der Waals surface area (Å²) in [6.07, 6.45) is 3.92. The van der Waals surface area contributed by atoms with Gasteiger partial charge in [-0.15, -0.1) is 0 Å². The third kappa shape index (κ3) is 9.20. The monoisotopic (exact) mass is 498 g/mol. The Morgan fingerprint density at radius 2 is 0.395 bits per heavy atom. The van der Waals surface area contributed by atoms with E-state index in [0.717, 1.165) is 25.7 Å². The molecular formula is C38H42. The third-order valence-corrected chi connectivity index (χ3v) is 6.39. The topological polar surface area (TPSA) is 0 Å². The van der Waals surface area contributed by atoms with Gasteiger partial charge in [-0.2, -0.15) is 0 Å². The molecule has 0 N–H and O–H groups in total. The van der Waals surface area contributed by atoms with Gasteiger partial charge in [0.1, 0.15) is 0 Å². The second kappa shape index (κ2) is 16.0. The molecule has 0 aliphatic heterocycles. The van der Waals surface area contributed by atoms with E-state index in [1.165, 1.54) is 44.5 Å². The zero-order valence-electron chi connectivity index (χ0n) is 23.5. The highest BCUT2D eigenvalue weighted by molar-refractivity contribution is 5.35. The maximum Gasteiger partial charge on any atom is -0.00258 e. The Hall–Kier alpha value is -3.90. The zero-order chi connectivity index (χ0) is 27.0. The molecule has 38 heavy (non-hydrogen) atoms. The molecule has 0 amide bonds. The molecule has 0 bridgehead atoms. The Labute approximate surface area is 231 Å². The molecule has 0 atom stereocenters. The lowest BCUT2D eigenvalue weighted by Gasteiger charge is -2.08. The molecule has 0 saturated heterocycles. The fraction of sp³-hybridized carbons (Fsp3) is 0.211. The molecule has 0 aliphatic rings. The van der Waals surface area contributed by atoms with E-state index in [2.05, 4.69) is 133 Å². The van der Waals surface area contributed by atoms with Crippen LogP contribution in [0.1, 0.15) is 72.2 Å². The second-order valence-electron chi connectivity index (χ2n) is 9.13. The lowest BCUT2D eigenvalue weighted by Crippen LogP contribution is -1.93. The summed E-state index contributed by atoms with van der Waals surface area (Å²) in [6.45, 7) is 8.00. The Morgan fingerprint density at radius 3 is 0.579 bits per heavy atom. The van der Waals surface area contributed by atoms with Crippen molar-refractivity contribution in [3.63, 3.8) is 0 Å². The highest BCUT2D eigenvalue weighted by atomic mass is 14.1. The highest BCUT2D eigenvalue weighted by Crippen LogP contribution is 2.17. The van der Waals surface area contributed by atoms with Crippen molar-refractivity contribution in [2.75, 3.05) is 0 Å². The van der Waals surface area contributed by atoms with Crippen LogP contribution in [0.5, 0.6) is 0 Å². The standard InChI is InChI=1S/C34H30.2C2H6/c1-3-7-27(8-4-1)23-29-11-15-31(16-12-29)25-33-19-21-34(22-20-33)26-32-17-13-30(14-18-32)24-28-9-5-2-6-10-28;2*1-2/h1-22H,23-26H2;2*1-2H3. The minimum Gasteiger partial charge on any atom is -0.0683 e. The molecule has 0 spiro atoms. The molecular weight excluding hydrogens is 456 g/mol. The van der Waals surface area contributed by atoms with Crippen molar-refractivity contribution >= 4 is 0 Å². The molecule has 0 heterocycles. The predicted octanol–water partition coefficient (Wildman–Crippen LogP) is 10.1. The van der Waals surface area contributed by atoms with Crippen molar-refractivity contribution < 1.29 is 0 Å². The van der Waals surface area contributed by atoms with E-state index in [1.54, 1.807) is 0 Å². The first-order valence-electron chi connectivity index (χ1n) is 14.1. The van der Waals surface area contributed by atoms with Crippen LogP contribution in [-0.2, 0) is 25.7 Å². The quantitative estimate of drug-likeness (QED) is 0.200. The Kier molecular flexibility index (Phi) is 12.1. The summed E-state index contributed by atoms with van der Waals surface area (Å²) < 4.78 is 0. The second-order valence-corrected chi connectivity index (χ2v) is 9.13. The summed E-state index contributed by atoms with van der Waals surface area (Å²) >= 11 is 0. The van der Waals surface area contributed by atoms with Gasteiger partial charge in [0.15, 0.2) is 0 Å². The Bertz CT molecular complexity index is 1180. The van der Waals surface area contributed by atoms with Crippen LogP contribution < -0.4 is 0 Å². The Morgan fingerprint density at radius 1 is 0.237 bits per heavy atom. The van der Waals surface area contributed by atoms with Gasteiger partial charge in [0.2, 0.25) is 0 Å². The van der Waals surface area contributed by atoms with Crippen LogP contribution in [0.4, 0.5) is 0 Å². The van der Waals surface area contributed by atoms with Crippen molar-refractivity contribution in [1.29, 1.82) is 0 Å². The van der Waals surface area contributed by atoms with Crippen LogP contribution in [0.2, 0.25) is 0 Å². The minimum absolute atomic E-state index is 0.972. The fourth-order valence-corrected chi connectivity index (χ4v) is 4.46. The molecule has 0 saturated carbocycles. The van der Waals surface area contributed by atoms with Crippen molar-refractivity contribution in [1.82, 2.24) is 0 Å². The van der Waals surface area contributed by atoms with Gasteiger partial charge in [0.25, 0.3) is 0 Å². The van der Waals surface area contributed by atoms with E-state index in [1.807, 2.05) is 27.7 Å². The number of hydrogen-bond acceptors (Lipinski definition) is 0. The highest BCUT2D eigenvalue weighted by Gasteiger charge is 2.02. The van der Waals surface area contributed by atoms with Crippen LogP contribution in [-0.4, -0.2) is 0 Å². The molecule has 0 aromatic heterocycles. The van der Waals surface area contributed by atoms with Crippen LogP contribution in [0, 0.1) is 0 Å². The summed E-state index contributed by atoms with van der Waals surface area (Å²) in [5, 5.41) is 0. The average molecular weight is 499 g/mol. The maximum absolute atomic E-state index is 2.27.